The second-order valence-electron chi connectivity index (χ2n) is 3.34. The van der Waals surface area contributed by atoms with E-state index in [0.717, 1.165) is 10.8 Å². The van der Waals surface area contributed by atoms with Crippen LogP contribution in [0.3, 0.4) is 0 Å². The summed E-state index contributed by atoms with van der Waals surface area (Å²) in [5, 5.41) is 2.35. The Morgan fingerprint density at radius 2 is 1.80 bits per heavy atom. The molecule has 0 spiro atoms. The average Bonchev–Trinajstić information content (AvgIpc) is 2.30. The van der Waals surface area contributed by atoms with Crippen LogP contribution in [0.15, 0.2) is 51.7 Å². The molecular weight excluding hydrogens is 188 g/mol. The molecule has 0 saturated heterocycles. The second kappa shape index (κ2) is 2.95. The highest BCUT2D eigenvalue weighted by atomic mass is 16.4. The summed E-state index contributed by atoms with van der Waals surface area (Å²) in [5.41, 5.74) is 0.291. The van der Waals surface area contributed by atoms with Crippen LogP contribution in [0.25, 0.3) is 21.7 Å². The molecule has 0 aliphatic carbocycles. The Morgan fingerprint density at radius 1 is 1.00 bits per heavy atom. The molecule has 15 heavy (non-hydrogen) atoms. The zero-order valence-electron chi connectivity index (χ0n) is 7.86. The van der Waals surface area contributed by atoms with Crippen LogP contribution in [-0.4, -0.2) is 0 Å². The first-order chi connectivity index (χ1) is 7.36. The van der Waals surface area contributed by atoms with Crippen molar-refractivity contribution in [2.45, 2.75) is 0 Å². The van der Waals surface area contributed by atoms with Gasteiger partial charge in [-0.25, -0.2) is 4.79 Å². The molecule has 0 aliphatic rings. The van der Waals surface area contributed by atoms with Crippen molar-refractivity contribution in [1.82, 2.24) is 0 Å². The van der Waals surface area contributed by atoms with Crippen LogP contribution in [-0.2, 0) is 0 Å². The largest absolute Gasteiger partial charge is 0.422 e. The van der Waals surface area contributed by atoms with Crippen molar-refractivity contribution in [1.29, 1.82) is 0 Å². The standard InChI is InChI=1S/C13H7O2/c14-13-11-7-2-1-5-9(11)10-6-3-4-8-12(10)15-13/h1-6,8H. The van der Waals surface area contributed by atoms with E-state index in [2.05, 4.69) is 6.07 Å². The Kier molecular flexibility index (Phi) is 1.62. The van der Waals surface area contributed by atoms with Crippen molar-refractivity contribution < 1.29 is 4.42 Å². The molecule has 3 aromatic rings. The molecule has 0 unspecified atom stereocenters. The summed E-state index contributed by atoms with van der Waals surface area (Å²) in [5.74, 6) is 0. The van der Waals surface area contributed by atoms with Crippen molar-refractivity contribution in [3.05, 3.63) is 59.0 Å². The number of fused-ring (bicyclic) bond motifs is 3. The van der Waals surface area contributed by atoms with E-state index in [1.807, 2.05) is 30.3 Å². The van der Waals surface area contributed by atoms with E-state index in [1.165, 1.54) is 0 Å². The fourth-order valence-corrected chi connectivity index (χ4v) is 1.76. The first kappa shape index (κ1) is 8.24. The monoisotopic (exact) mass is 195 g/mol. The minimum Gasteiger partial charge on any atom is -0.422 e. The SMILES string of the molecule is O=c1oc2ccccc2c2ccc[c]c12. The van der Waals surface area contributed by atoms with Gasteiger partial charge in [0.25, 0.3) is 0 Å². The molecule has 0 saturated carbocycles. The topological polar surface area (TPSA) is 30.2 Å². The lowest BCUT2D eigenvalue weighted by Gasteiger charge is -2.00. The zero-order chi connectivity index (χ0) is 10.3. The molecule has 0 atom stereocenters. The van der Waals surface area contributed by atoms with Crippen molar-refractivity contribution in [3.8, 4) is 0 Å². The Balaban J connectivity index is 2.70. The van der Waals surface area contributed by atoms with Gasteiger partial charge in [-0.1, -0.05) is 36.4 Å². The lowest BCUT2D eigenvalue weighted by atomic mass is 10.1. The first-order valence-corrected chi connectivity index (χ1v) is 4.68. The summed E-state index contributed by atoms with van der Waals surface area (Å²) < 4.78 is 5.19. The number of para-hydroxylation sites is 1. The van der Waals surface area contributed by atoms with Gasteiger partial charge in [0.1, 0.15) is 5.58 Å². The molecule has 2 nitrogen and oxygen atoms in total. The molecule has 1 aromatic heterocycles. The van der Waals surface area contributed by atoms with Gasteiger partial charge in [0.2, 0.25) is 0 Å². The number of rotatable bonds is 0. The second-order valence-corrected chi connectivity index (χ2v) is 3.34. The Labute approximate surface area is 85.8 Å². The highest BCUT2D eigenvalue weighted by Crippen LogP contribution is 2.21. The summed E-state index contributed by atoms with van der Waals surface area (Å²) in [6.45, 7) is 0. The van der Waals surface area contributed by atoms with E-state index in [0.29, 0.717) is 11.0 Å². The van der Waals surface area contributed by atoms with Crippen LogP contribution in [0.4, 0.5) is 0 Å². The van der Waals surface area contributed by atoms with Gasteiger partial charge in [-0.2, -0.15) is 0 Å². The Bertz CT molecular complexity index is 695. The summed E-state index contributed by atoms with van der Waals surface area (Å²) in [6, 6.07) is 15.9. The predicted molar refractivity (Wildman–Crippen MR) is 58.8 cm³/mol. The third-order valence-corrected chi connectivity index (χ3v) is 2.44. The van der Waals surface area contributed by atoms with Crippen molar-refractivity contribution >= 4 is 21.7 Å². The summed E-state index contributed by atoms with van der Waals surface area (Å²) >= 11 is 0. The molecule has 3 rings (SSSR count). The lowest BCUT2D eigenvalue weighted by Crippen LogP contribution is -1.99. The van der Waals surface area contributed by atoms with Gasteiger partial charge in [-0.05, 0) is 12.1 Å². The van der Waals surface area contributed by atoms with E-state index in [4.69, 9.17) is 4.42 Å². The summed E-state index contributed by atoms with van der Waals surface area (Å²) in [7, 11) is 0. The Hall–Kier alpha value is -2.09. The summed E-state index contributed by atoms with van der Waals surface area (Å²) in [6.07, 6.45) is 0. The fourth-order valence-electron chi connectivity index (χ4n) is 1.76. The number of benzene rings is 2. The maximum atomic E-state index is 11.6. The third kappa shape index (κ3) is 1.15. The van der Waals surface area contributed by atoms with Gasteiger partial charge < -0.3 is 4.42 Å². The molecule has 0 amide bonds. The smallest absolute Gasteiger partial charge is 0.344 e. The predicted octanol–water partition coefficient (Wildman–Crippen LogP) is 2.75. The maximum Gasteiger partial charge on any atom is 0.344 e. The molecule has 0 aliphatic heterocycles. The zero-order valence-corrected chi connectivity index (χ0v) is 7.86. The van der Waals surface area contributed by atoms with Gasteiger partial charge in [-0.3, -0.25) is 0 Å². The molecule has 0 N–H and O–H groups in total. The molecule has 1 radical (unpaired) electrons. The highest BCUT2D eigenvalue weighted by Gasteiger charge is 2.04. The number of hydrogen-bond acceptors (Lipinski definition) is 2. The molecule has 2 heteroatoms. The van der Waals surface area contributed by atoms with E-state index in [9.17, 15) is 4.79 Å². The van der Waals surface area contributed by atoms with Crippen LogP contribution in [0, 0.1) is 6.07 Å². The molecule has 0 bridgehead atoms. The fraction of sp³-hybridized carbons (Fsp3) is 0. The maximum absolute atomic E-state index is 11.6. The van der Waals surface area contributed by atoms with Gasteiger partial charge in [-0.15, -0.1) is 0 Å². The molecular formula is C13H7O2. The van der Waals surface area contributed by atoms with Crippen LogP contribution in [0.2, 0.25) is 0 Å². The van der Waals surface area contributed by atoms with Crippen LogP contribution < -0.4 is 5.63 Å². The normalized spacial score (nSPS) is 10.9. The third-order valence-electron chi connectivity index (χ3n) is 2.44. The van der Waals surface area contributed by atoms with Crippen molar-refractivity contribution in [2.75, 3.05) is 0 Å². The van der Waals surface area contributed by atoms with Crippen molar-refractivity contribution in [3.63, 3.8) is 0 Å². The van der Waals surface area contributed by atoms with E-state index >= 15 is 0 Å². The van der Waals surface area contributed by atoms with E-state index in [1.54, 1.807) is 12.1 Å². The first-order valence-electron chi connectivity index (χ1n) is 4.68. The number of hydrogen-bond donors (Lipinski definition) is 0. The van der Waals surface area contributed by atoms with E-state index in [-0.39, 0.29) is 5.63 Å². The van der Waals surface area contributed by atoms with E-state index < -0.39 is 0 Å². The minimum absolute atomic E-state index is 0.329. The summed E-state index contributed by atoms with van der Waals surface area (Å²) in [4.78, 5) is 11.6. The lowest BCUT2D eigenvalue weighted by molar-refractivity contribution is 0.569. The molecule has 71 valence electrons. The van der Waals surface area contributed by atoms with Crippen LogP contribution >= 0.6 is 0 Å². The van der Waals surface area contributed by atoms with Crippen LogP contribution in [0.1, 0.15) is 0 Å². The van der Waals surface area contributed by atoms with Crippen molar-refractivity contribution in [2.24, 2.45) is 0 Å². The van der Waals surface area contributed by atoms with Gasteiger partial charge >= 0.3 is 5.63 Å². The van der Waals surface area contributed by atoms with Crippen LogP contribution in [0.5, 0.6) is 0 Å². The Morgan fingerprint density at radius 3 is 2.73 bits per heavy atom. The molecule has 1 heterocycles. The van der Waals surface area contributed by atoms with Gasteiger partial charge in [0.15, 0.2) is 0 Å². The minimum atomic E-state index is -0.329. The molecule has 2 aromatic carbocycles. The van der Waals surface area contributed by atoms with Gasteiger partial charge in [0, 0.05) is 10.8 Å². The average molecular weight is 195 g/mol. The quantitative estimate of drug-likeness (QED) is 0.408. The molecule has 0 fully saturated rings. The highest BCUT2D eigenvalue weighted by molar-refractivity contribution is 6.03. The van der Waals surface area contributed by atoms with Gasteiger partial charge in [0.05, 0.1) is 5.39 Å².